The molecule has 0 spiro atoms. The Labute approximate surface area is 114 Å². The molecule has 0 radical (unpaired) electrons. The molecule has 1 atom stereocenters. The van der Waals surface area contributed by atoms with Crippen molar-refractivity contribution < 1.29 is 4.79 Å². The Morgan fingerprint density at radius 3 is 2.53 bits per heavy atom. The van der Waals surface area contributed by atoms with E-state index in [0.29, 0.717) is 11.3 Å². The smallest absolute Gasteiger partial charge is 0.242 e. The topological polar surface area (TPSA) is 64.9 Å². The molecule has 1 rings (SSSR count). The highest BCUT2D eigenvalue weighted by Gasteiger charge is 2.16. The predicted molar refractivity (Wildman–Crippen MR) is 76.8 cm³/mol. The minimum atomic E-state index is -0.366. The summed E-state index contributed by atoms with van der Waals surface area (Å²) in [6.07, 6.45) is 1.84. The summed E-state index contributed by atoms with van der Waals surface area (Å²) in [7, 11) is 0. The fraction of sp³-hybridized carbons (Fsp3) is 0.467. The standard InChI is InChI=1S/C15H21N3O/c1-4-13(5-2)18-15(19)11(3)17-14-9-7-6-8-12(14)10-16/h6-9,11,13,17H,4-5H2,1-3H3,(H,18,19). The van der Waals surface area contributed by atoms with Gasteiger partial charge in [-0.05, 0) is 31.9 Å². The number of anilines is 1. The number of nitrogens with zero attached hydrogens (tertiary/aromatic N) is 1. The van der Waals surface area contributed by atoms with E-state index in [1.54, 1.807) is 25.1 Å². The number of nitrogens with one attached hydrogen (secondary N) is 2. The van der Waals surface area contributed by atoms with E-state index in [9.17, 15) is 4.79 Å². The normalized spacial score (nSPS) is 11.7. The molecule has 2 N–H and O–H groups in total. The van der Waals surface area contributed by atoms with Crippen molar-refractivity contribution in [1.29, 1.82) is 5.26 Å². The molecule has 0 saturated heterocycles. The third-order valence-corrected chi connectivity index (χ3v) is 3.14. The second kappa shape index (κ2) is 7.42. The van der Waals surface area contributed by atoms with E-state index in [0.717, 1.165) is 12.8 Å². The number of carbonyl (C=O) groups is 1. The van der Waals surface area contributed by atoms with Crippen LogP contribution in [0.3, 0.4) is 0 Å². The molecule has 0 aliphatic carbocycles. The van der Waals surface area contributed by atoms with Crippen molar-refractivity contribution in [2.45, 2.75) is 45.7 Å². The van der Waals surface area contributed by atoms with Gasteiger partial charge in [0.1, 0.15) is 12.1 Å². The number of carbonyl (C=O) groups excluding carboxylic acids is 1. The van der Waals surface area contributed by atoms with Crippen molar-refractivity contribution in [2.24, 2.45) is 0 Å². The molecule has 0 saturated carbocycles. The van der Waals surface area contributed by atoms with E-state index < -0.39 is 0 Å². The third-order valence-electron chi connectivity index (χ3n) is 3.14. The maximum atomic E-state index is 12.0. The second-order valence-corrected chi connectivity index (χ2v) is 4.55. The van der Waals surface area contributed by atoms with Gasteiger partial charge in [-0.1, -0.05) is 26.0 Å². The van der Waals surface area contributed by atoms with Gasteiger partial charge in [-0.25, -0.2) is 0 Å². The maximum Gasteiger partial charge on any atom is 0.242 e. The van der Waals surface area contributed by atoms with E-state index in [1.807, 2.05) is 6.07 Å². The van der Waals surface area contributed by atoms with Gasteiger partial charge in [-0.15, -0.1) is 0 Å². The summed E-state index contributed by atoms with van der Waals surface area (Å²) in [6, 6.07) is 9.14. The number of nitriles is 1. The van der Waals surface area contributed by atoms with Gasteiger partial charge in [0.2, 0.25) is 5.91 Å². The van der Waals surface area contributed by atoms with Crippen LogP contribution in [-0.4, -0.2) is 18.0 Å². The first-order valence-corrected chi connectivity index (χ1v) is 6.68. The van der Waals surface area contributed by atoms with Crippen LogP contribution in [0, 0.1) is 11.3 Å². The predicted octanol–water partition coefficient (Wildman–Crippen LogP) is 2.66. The molecule has 0 aromatic heterocycles. The summed E-state index contributed by atoms with van der Waals surface area (Å²) in [4.78, 5) is 12.0. The monoisotopic (exact) mass is 259 g/mol. The van der Waals surface area contributed by atoms with Crippen LogP contribution in [-0.2, 0) is 4.79 Å². The van der Waals surface area contributed by atoms with Crippen molar-refractivity contribution in [3.8, 4) is 6.07 Å². The highest BCUT2D eigenvalue weighted by Crippen LogP contribution is 2.14. The number of para-hydroxylation sites is 1. The molecule has 1 unspecified atom stereocenters. The second-order valence-electron chi connectivity index (χ2n) is 4.55. The molecule has 1 aromatic rings. The summed E-state index contributed by atoms with van der Waals surface area (Å²) in [5.41, 5.74) is 1.24. The maximum absolute atomic E-state index is 12.0. The Balaban J connectivity index is 2.66. The van der Waals surface area contributed by atoms with Gasteiger partial charge < -0.3 is 10.6 Å². The lowest BCUT2D eigenvalue weighted by Gasteiger charge is -2.20. The van der Waals surface area contributed by atoms with Gasteiger partial charge in [0.05, 0.1) is 11.3 Å². The van der Waals surface area contributed by atoms with Crippen molar-refractivity contribution in [3.63, 3.8) is 0 Å². The van der Waals surface area contributed by atoms with Gasteiger partial charge in [0, 0.05) is 6.04 Å². The lowest BCUT2D eigenvalue weighted by molar-refractivity contribution is -0.122. The first-order chi connectivity index (χ1) is 9.12. The number of hydrogen-bond donors (Lipinski definition) is 2. The van der Waals surface area contributed by atoms with Crippen LogP contribution >= 0.6 is 0 Å². The van der Waals surface area contributed by atoms with Gasteiger partial charge in [0.25, 0.3) is 0 Å². The molecule has 0 bridgehead atoms. The zero-order chi connectivity index (χ0) is 14.3. The Kier molecular flexibility index (Phi) is 5.87. The van der Waals surface area contributed by atoms with Crippen LogP contribution in [0.25, 0.3) is 0 Å². The molecule has 0 aliphatic heterocycles. The van der Waals surface area contributed by atoms with Crippen molar-refractivity contribution in [3.05, 3.63) is 29.8 Å². The Bertz CT molecular complexity index is 461. The minimum Gasteiger partial charge on any atom is -0.373 e. The average molecular weight is 259 g/mol. The quantitative estimate of drug-likeness (QED) is 0.825. The average Bonchev–Trinajstić information content (AvgIpc) is 2.44. The Morgan fingerprint density at radius 2 is 1.95 bits per heavy atom. The molecule has 0 heterocycles. The van der Waals surface area contributed by atoms with Crippen molar-refractivity contribution in [2.75, 3.05) is 5.32 Å². The summed E-state index contributed by atoms with van der Waals surface area (Å²) >= 11 is 0. The van der Waals surface area contributed by atoms with E-state index in [1.165, 1.54) is 0 Å². The van der Waals surface area contributed by atoms with Crippen molar-refractivity contribution in [1.82, 2.24) is 5.32 Å². The molecular weight excluding hydrogens is 238 g/mol. The van der Waals surface area contributed by atoms with Gasteiger partial charge in [-0.2, -0.15) is 5.26 Å². The Hall–Kier alpha value is -2.02. The van der Waals surface area contributed by atoms with Crippen LogP contribution in [0.2, 0.25) is 0 Å². The first-order valence-electron chi connectivity index (χ1n) is 6.68. The van der Waals surface area contributed by atoms with Crippen LogP contribution < -0.4 is 10.6 Å². The molecule has 19 heavy (non-hydrogen) atoms. The lowest BCUT2D eigenvalue weighted by Crippen LogP contribution is -2.42. The number of amides is 1. The summed E-state index contributed by atoms with van der Waals surface area (Å²) in [5.74, 6) is -0.0403. The fourth-order valence-corrected chi connectivity index (χ4v) is 1.82. The summed E-state index contributed by atoms with van der Waals surface area (Å²) < 4.78 is 0. The van der Waals surface area contributed by atoms with E-state index in [-0.39, 0.29) is 18.0 Å². The number of benzene rings is 1. The largest absolute Gasteiger partial charge is 0.373 e. The van der Waals surface area contributed by atoms with E-state index in [2.05, 4.69) is 30.6 Å². The summed E-state index contributed by atoms with van der Waals surface area (Å²) in [6.45, 7) is 5.90. The Morgan fingerprint density at radius 1 is 1.32 bits per heavy atom. The highest BCUT2D eigenvalue weighted by atomic mass is 16.2. The minimum absolute atomic E-state index is 0.0403. The van der Waals surface area contributed by atoms with Gasteiger partial charge in [0.15, 0.2) is 0 Å². The number of hydrogen-bond acceptors (Lipinski definition) is 3. The SMILES string of the molecule is CCC(CC)NC(=O)C(C)Nc1ccccc1C#N. The molecule has 1 amide bonds. The lowest BCUT2D eigenvalue weighted by atomic mass is 10.1. The molecule has 102 valence electrons. The van der Waals surface area contributed by atoms with E-state index >= 15 is 0 Å². The molecule has 1 aromatic carbocycles. The molecule has 0 aliphatic rings. The first kappa shape index (κ1) is 15.0. The fourth-order valence-electron chi connectivity index (χ4n) is 1.82. The van der Waals surface area contributed by atoms with Crippen LogP contribution in [0.4, 0.5) is 5.69 Å². The van der Waals surface area contributed by atoms with Gasteiger partial charge in [-0.3, -0.25) is 4.79 Å². The van der Waals surface area contributed by atoms with Gasteiger partial charge >= 0.3 is 0 Å². The van der Waals surface area contributed by atoms with Crippen LogP contribution in [0.5, 0.6) is 0 Å². The zero-order valence-corrected chi connectivity index (χ0v) is 11.7. The van der Waals surface area contributed by atoms with Crippen molar-refractivity contribution >= 4 is 11.6 Å². The summed E-state index contributed by atoms with van der Waals surface area (Å²) in [5, 5.41) is 15.1. The molecular formula is C15H21N3O. The molecule has 4 nitrogen and oxygen atoms in total. The van der Waals surface area contributed by atoms with Crippen LogP contribution in [0.15, 0.2) is 24.3 Å². The zero-order valence-electron chi connectivity index (χ0n) is 11.7. The highest BCUT2D eigenvalue weighted by molar-refractivity contribution is 5.84. The van der Waals surface area contributed by atoms with Crippen LogP contribution in [0.1, 0.15) is 39.2 Å². The molecule has 4 heteroatoms. The van der Waals surface area contributed by atoms with E-state index in [4.69, 9.17) is 5.26 Å². The third kappa shape index (κ3) is 4.29. The number of rotatable bonds is 6. The molecule has 0 fully saturated rings.